The fraction of sp³-hybridized carbons (Fsp3) is 0.125. The van der Waals surface area contributed by atoms with Crippen molar-refractivity contribution in [1.82, 2.24) is 9.97 Å². The molecule has 0 saturated carbocycles. The molecule has 22 heavy (non-hydrogen) atoms. The Labute approximate surface area is 124 Å². The van der Waals surface area contributed by atoms with Gasteiger partial charge in [0.2, 0.25) is 0 Å². The molecule has 3 rings (SSSR count). The van der Waals surface area contributed by atoms with Gasteiger partial charge in [-0.25, -0.2) is 23.1 Å². The maximum Gasteiger partial charge on any atom is 0.140 e. The minimum absolute atomic E-state index is 0.254. The second-order valence-electron chi connectivity index (χ2n) is 4.77. The summed E-state index contributed by atoms with van der Waals surface area (Å²) in [6.07, 6.45) is 1.58. The number of anilines is 1. The van der Waals surface area contributed by atoms with Crippen molar-refractivity contribution in [2.45, 2.75) is 6.42 Å². The van der Waals surface area contributed by atoms with Gasteiger partial charge in [-0.05, 0) is 42.3 Å². The van der Waals surface area contributed by atoms with Crippen molar-refractivity contribution in [2.75, 3.05) is 11.9 Å². The lowest BCUT2D eigenvalue weighted by molar-refractivity contribution is 0.586. The van der Waals surface area contributed by atoms with Crippen LogP contribution in [0.1, 0.15) is 5.56 Å². The maximum atomic E-state index is 13.9. The zero-order valence-electron chi connectivity index (χ0n) is 11.5. The van der Waals surface area contributed by atoms with Crippen LogP contribution < -0.4 is 5.32 Å². The van der Waals surface area contributed by atoms with Crippen molar-refractivity contribution in [2.24, 2.45) is 0 Å². The highest BCUT2D eigenvalue weighted by atomic mass is 19.1. The molecule has 0 atom stereocenters. The van der Waals surface area contributed by atoms with Gasteiger partial charge in [0.1, 0.15) is 29.6 Å². The molecule has 0 unspecified atom stereocenters. The van der Waals surface area contributed by atoms with Gasteiger partial charge in [-0.15, -0.1) is 0 Å². The van der Waals surface area contributed by atoms with Gasteiger partial charge in [-0.1, -0.05) is 6.07 Å². The van der Waals surface area contributed by atoms with E-state index in [1.807, 2.05) is 0 Å². The van der Waals surface area contributed by atoms with E-state index in [-0.39, 0.29) is 17.4 Å². The summed E-state index contributed by atoms with van der Waals surface area (Å²) in [5, 5.41) is 3.23. The van der Waals surface area contributed by atoms with E-state index in [9.17, 15) is 13.2 Å². The fourth-order valence-electron chi connectivity index (χ4n) is 2.25. The molecule has 6 heteroatoms. The minimum Gasteiger partial charge on any atom is -0.369 e. The van der Waals surface area contributed by atoms with Gasteiger partial charge in [-0.3, -0.25) is 0 Å². The van der Waals surface area contributed by atoms with Crippen molar-refractivity contribution in [3.63, 3.8) is 0 Å². The van der Waals surface area contributed by atoms with Crippen LogP contribution in [0.3, 0.4) is 0 Å². The molecule has 0 fully saturated rings. The Bertz CT molecular complexity index is 816. The van der Waals surface area contributed by atoms with Gasteiger partial charge in [0.25, 0.3) is 0 Å². The van der Waals surface area contributed by atoms with E-state index in [1.54, 1.807) is 12.1 Å². The molecular formula is C16H12F3N3. The largest absolute Gasteiger partial charge is 0.369 e. The van der Waals surface area contributed by atoms with Crippen LogP contribution in [0.15, 0.2) is 42.7 Å². The molecule has 3 aromatic rings. The van der Waals surface area contributed by atoms with Crippen molar-refractivity contribution >= 4 is 16.7 Å². The lowest BCUT2D eigenvalue weighted by Gasteiger charge is -2.09. The Balaban J connectivity index is 1.79. The second kappa shape index (κ2) is 6.01. The van der Waals surface area contributed by atoms with Gasteiger partial charge in [0, 0.05) is 6.54 Å². The van der Waals surface area contributed by atoms with Crippen molar-refractivity contribution in [3.8, 4) is 0 Å². The summed E-state index contributed by atoms with van der Waals surface area (Å²) in [7, 11) is 0. The SMILES string of the molecule is Fc1ccc(F)c(CCNc2ncnc3cccc(F)c23)c1. The number of nitrogens with zero attached hydrogens (tertiary/aromatic N) is 2. The molecule has 0 radical (unpaired) electrons. The Morgan fingerprint density at radius 1 is 0.955 bits per heavy atom. The quantitative estimate of drug-likeness (QED) is 0.798. The average Bonchev–Trinajstić information content (AvgIpc) is 2.51. The minimum atomic E-state index is -0.491. The zero-order valence-corrected chi connectivity index (χ0v) is 11.5. The number of rotatable bonds is 4. The first-order chi connectivity index (χ1) is 10.6. The third-order valence-corrected chi connectivity index (χ3v) is 3.31. The van der Waals surface area contributed by atoms with Crippen LogP contribution in [0, 0.1) is 17.5 Å². The average molecular weight is 303 g/mol. The van der Waals surface area contributed by atoms with Crippen LogP contribution in [-0.4, -0.2) is 16.5 Å². The molecule has 0 spiro atoms. The molecule has 0 saturated heterocycles. The standard InChI is InChI=1S/C16H12F3N3/c17-11-4-5-12(18)10(8-11)6-7-20-16-15-13(19)2-1-3-14(15)21-9-22-16/h1-5,8-9H,6-7H2,(H,20,21,22). The third kappa shape index (κ3) is 2.86. The number of halogens is 3. The van der Waals surface area contributed by atoms with Crippen molar-refractivity contribution < 1.29 is 13.2 Å². The van der Waals surface area contributed by atoms with E-state index in [4.69, 9.17) is 0 Å². The number of hydrogen-bond donors (Lipinski definition) is 1. The Kier molecular flexibility index (Phi) is 3.91. The molecule has 0 amide bonds. The first kappa shape index (κ1) is 14.3. The van der Waals surface area contributed by atoms with E-state index >= 15 is 0 Å². The summed E-state index contributed by atoms with van der Waals surface area (Å²) in [6.45, 7) is 0.292. The summed E-state index contributed by atoms with van der Waals surface area (Å²) >= 11 is 0. The first-order valence-corrected chi connectivity index (χ1v) is 6.72. The summed E-state index contributed by atoms with van der Waals surface area (Å²) in [4.78, 5) is 8.00. The molecule has 0 aliphatic carbocycles. The van der Waals surface area contributed by atoms with Crippen LogP contribution >= 0.6 is 0 Å². The van der Waals surface area contributed by atoms with Crippen LogP contribution in [0.2, 0.25) is 0 Å². The predicted octanol–water partition coefficient (Wildman–Crippen LogP) is 3.70. The fourth-order valence-corrected chi connectivity index (χ4v) is 2.25. The lowest BCUT2D eigenvalue weighted by atomic mass is 10.1. The van der Waals surface area contributed by atoms with Gasteiger partial charge < -0.3 is 5.32 Å². The summed E-state index contributed by atoms with van der Waals surface area (Å²) in [6, 6.07) is 7.87. The zero-order chi connectivity index (χ0) is 15.5. The van der Waals surface area contributed by atoms with E-state index in [0.717, 1.165) is 18.2 Å². The topological polar surface area (TPSA) is 37.8 Å². The van der Waals surface area contributed by atoms with Gasteiger partial charge in [0.05, 0.1) is 10.9 Å². The summed E-state index contributed by atoms with van der Waals surface area (Å²) in [5.74, 6) is -1.06. The smallest absolute Gasteiger partial charge is 0.140 e. The van der Waals surface area contributed by atoms with E-state index in [1.165, 1.54) is 12.4 Å². The van der Waals surface area contributed by atoms with Crippen LogP contribution in [-0.2, 0) is 6.42 Å². The van der Waals surface area contributed by atoms with Crippen LogP contribution in [0.4, 0.5) is 19.0 Å². The molecule has 0 bridgehead atoms. The first-order valence-electron chi connectivity index (χ1n) is 6.72. The number of nitrogens with one attached hydrogen (secondary N) is 1. The normalized spacial score (nSPS) is 10.9. The van der Waals surface area contributed by atoms with E-state index in [2.05, 4.69) is 15.3 Å². The third-order valence-electron chi connectivity index (χ3n) is 3.31. The van der Waals surface area contributed by atoms with Crippen molar-refractivity contribution in [3.05, 3.63) is 65.7 Å². The monoisotopic (exact) mass is 303 g/mol. The number of fused-ring (bicyclic) bond motifs is 1. The lowest BCUT2D eigenvalue weighted by Crippen LogP contribution is -2.09. The highest BCUT2D eigenvalue weighted by molar-refractivity contribution is 5.89. The molecule has 0 aliphatic heterocycles. The highest BCUT2D eigenvalue weighted by Crippen LogP contribution is 2.22. The molecule has 1 N–H and O–H groups in total. The van der Waals surface area contributed by atoms with Crippen molar-refractivity contribution in [1.29, 1.82) is 0 Å². The maximum absolute atomic E-state index is 13.9. The van der Waals surface area contributed by atoms with Crippen LogP contribution in [0.25, 0.3) is 10.9 Å². The number of aromatic nitrogens is 2. The highest BCUT2D eigenvalue weighted by Gasteiger charge is 2.09. The predicted molar refractivity (Wildman–Crippen MR) is 78.0 cm³/mol. The van der Waals surface area contributed by atoms with Gasteiger partial charge >= 0.3 is 0 Å². The Morgan fingerprint density at radius 2 is 1.82 bits per heavy atom. The van der Waals surface area contributed by atoms with Gasteiger partial charge in [0.15, 0.2) is 0 Å². The summed E-state index contributed by atoms with van der Waals surface area (Å²) < 4.78 is 40.5. The Hall–Kier alpha value is -2.63. The van der Waals surface area contributed by atoms with E-state index in [0.29, 0.717) is 17.9 Å². The molecule has 1 aromatic heterocycles. The molecule has 3 nitrogen and oxygen atoms in total. The molecule has 112 valence electrons. The Morgan fingerprint density at radius 3 is 2.68 bits per heavy atom. The molecule has 0 aliphatic rings. The van der Waals surface area contributed by atoms with Crippen LogP contribution in [0.5, 0.6) is 0 Å². The number of benzene rings is 2. The molecule has 2 aromatic carbocycles. The van der Waals surface area contributed by atoms with E-state index < -0.39 is 17.5 Å². The van der Waals surface area contributed by atoms with Gasteiger partial charge in [-0.2, -0.15) is 0 Å². The molecular weight excluding hydrogens is 291 g/mol. The number of hydrogen-bond acceptors (Lipinski definition) is 3. The second-order valence-corrected chi connectivity index (χ2v) is 4.77. The summed E-state index contributed by atoms with van der Waals surface area (Å²) in [5.41, 5.74) is 0.737. The molecule has 1 heterocycles.